The number of benzene rings is 2. The zero-order chi connectivity index (χ0) is 23.5. The monoisotopic (exact) mass is 482 g/mol. The van der Waals surface area contributed by atoms with Crippen molar-refractivity contribution in [3.63, 3.8) is 0 Å². The Morgan fingerprint density at radius 1 is 1.12 bits per heavy atom. The minimum atomic E-state index is -0.552. The summed E-state index contributed by atoms with van der Waals surface area (Å²) in [4.78, 5) is 30.5. The highest BCUT2D eigenvalue weighted by atomic mass is 32.2. The number of amides is 1. The predicted molar refractivity (Wildman–Crippen MR) is 129 cm³/mol. The van der Waals surface area contributed by atoms with Crippen LogP contribution >= 0.6 is 23.7 Å². The van der Waals surface area contributed by atoms with Gasteiger partial charge in [-0.15, -0.1) is 0 Å². The first-order valence-electron chi connectivity index (χ1n) is 9.52. The highest BCUT2D eigenvalue weighted by Gasteiger charge is 2.36. The van der Waals surface area contributed by atoms with E-state index in [1.165, 1.54) is 32.0 Å². The molecule has 0 atom stereocenters. The molecule has 2 aromatic carbocycles. The number of esters is 1. The molecule has 0 bridgehead atoms. The Balaban J connectivity index is 1.50. The summed E-state index contributed by atoms with van der Waals surface area (Å²) >= 11 is 2.45. The Hall–Kier alpha value is -3.57. The number of nitrogens with zero attached hydrogens (tertiary/aromatic N) is 3. The van der Waals surface area contributed by atoms with Crippen molar-refractivity contribution in [3.05, 3.63) is 59.2 Å². The fourth-order valence-electron chi connectivity index (χ4n) is 3.06. The van der Waals surface area contributed by atoms with Gasteiger partial charge in [-0.3, -0.25) is 10.2 Å². The van der Waals surface area contributed by atoms with E-state index in [0.29, 0.717) is 38.7 Å². The lowest BCUT2D eigenvalue weighted by Crippen LogP contribution is -2.41. The molecule has 0 aromatic heterocycles. The number of hydrogen-bond acceptors (Lipinski definition) is 9. The molecular weight excluding hydrogens is 464 g/mol. The number of carbonyl (C=O) groups is 2. The van der Waals surface area contributed by atoms with E-state index in [4.69, 9.17) is 19.6 Å². The van der Waals surface area contributed by atoms with Crippen molar-refractivity contribution in [2.24, 2.45) is 9.39 Å². The Kier molecular flexibility index (Phi) is 6.52. The van der Waals surface area contributed by atoms with E-state index >= 15 is 0 Å². The summed E-state index contributed by atoms with van der Waals surface area (Å²) in [7, 11) is 3.00. The van der Waals surface area contributed by atoms with Crippen LogP contribution in [0.2, 0.25) is 0 Å². The van der Waals surface area contributed by atoms with Gasteiger partial charge in [0.1, 0.15) is 11.6 Å². The van der Waals surface area contributed by atoms with E-state index in [0.717, 1.165) is 11.9 Å². The van der Waals surface area contributed by atoms with Crippen molar-refractivity contribution in [3.8, 4) is 17.2 Å². The molecule has 9 nitrogen and oxygen atoms in total. The third-order valence-corrected chi connectivity index (χ3v) is 6.15. The first-order valence-corrected chi connectivity index (χ1v) is 11.5. The van der Waals surface area contributed by atoms with Crippen LogP contribution in [0.4, 0.5) is 0 Å². The first kappa shape index (κ1) is 22.6. The Morgan fingerprint density at radius 3 is 2.52 bits per heavy atom. The number of carbonyl (C=O) groups excluding carboxylic acids is 2. The SMILES string of the molecule is COc1ccc(C(=O)Oc2ccc(/C=C3/C(=N)N4C(SC)=NSC4=NC3=O)cc2)cc1OC. The lowest BCUT2D eigenvalue weighted by atomic mass is 10.1. The van der Waals surface area contributed by atoms with E-state index in [-0.39, 0.29) is 11.4 Å². The van der Waals surface area contributed by atoms with E-state index in [9.17, 15) is 9.59 Å². The zero-order valence-corrected chi connectivity index (χ0v) is 19.5. The van der Waals surface area contributed by atoms with Crippen LogP contribution in [0.25, 0.3) is 6.08 Å². The second-order valence-corrected chi connectivity index (χ2v) is 8.14. The summed E-state index contributed by atoms with van der Waals surface area (Å²) in [5.74, 6) is 0.227. The molecule has 33 heavy (non-hydrogen) atoms. The van der Waals surface area contributed by atoms with Crippen molar-refractivity contribution < 1.29 is 23.8 Å². The molecule has 2 aromatic rings. The molecule has 0 saturated carbocycles. The van der Waals surface area contributed by atoms with E-state index < -0.39 is 11.9 Å². The van der Waals surface area contributed by atoms with Crippen molar-refractivity contribution >= 4 is 57.8 Å². The van der Waals surface area contributed by atoms with Crippen LogP contribution in [0.3, 0.4) is 0 Å². The van der Waals surface area contributed by atoms with E-state index in [2.05, 4.69) is 9.39 Å². The molecule has 0 unspecified atom stereocenters. The van der Waals surface area contributed by atoms with Crippen LogP contribution < -0.4 is 14.2 Å². The molecule has 0 spiro atoms. The average Bonchev–Trinajstić information content (AvgIpc) is 3.25. The van der Waals surface area contributed by atoms with Crippen molar-refractivity contribution in [2.75, 3.05) is 20.5 Å². The van der Waals surface area contributed by atoms with Crippen LogP contribution in [0.15, 0.2) is 57.4 Å². The summed E-state index contributed by atoms with van der Waals surface area (Å²) < 4.78 is 20.0. The van der Waals surface area contributed by atoms with Gasteiger partial charge >= 0.3 is 5.97 Å². The zero-order valence-electron chi connectivity index (χ0n) is 17.8. The molecule has 2 aliphatic heterocycles. The van der Waals surface area contributed by atoms with E-state index in [1.807, 2.05) is 6.26 Å². The molecule has 2 heterocycles. The van der Waals surface area contributed by atoms with E-state index in [1.54, 1.807) is 47.4 Å². The minimum absolute atomic E-state index is 0.0204. The lowest BCUT2D eigenvalue weighted by molar-refractivity contribution is -0.114. The lowest BCUT2D eigenvalue weighted by Gasteiger charge is -2.23. The highest BCUT2D eigenvalue weighted by Crippen LogP contribution is 2.31. The van der Waals surface area contributed by atoms with Gasteiger partial charge in [-0.05, 0) is 48.2 Å². The largest absolute Gasteiger partial charge is 0.493 e. The summed E-state index contributed by atoms with van der Waals surface area (Å²) in [6, 6.07) is 11.3. The van der Waals surface area contributed by atoms with Crippen molar-refractivity contribution in [1.82, 2.24) is 4.90 Å². The molecule has 4 rings (SSSR count). The van der Waals surface area contributed by atoms with Crippen LogP contribution in [-0.2, 0) is 4.79 Å². The molecule has 0 saturated heterocycles. The number of nitrogens with one attached hydrogen (secondary N) is 1. The fourth-order valence-corrected chi connectivity index (χ4v) is 4.51. The third kappa shape index (κ3) is 4.50. The van der Waals surface area contributed by atoms with Crippen LogP contribution in [0, 0.1) is 5.41 Å². The molecule has 2 aliphatic rings. The number of methoxy groups -OCH3 is 2. The molecule has 1 amide bonds. The van der Waals surface area contributed by atoms with Crippen LogP contribution in [-0.4, -0.2) is 53.4 Å². The summed E-state index contributed by atoms with van der Waals surface area (Å²) in [5.41, 5.74) is 1.11. The summed E-state index contributed by atoms with van der Waals surface area (Å²) in [6.07, 6.45) is 3.42. The van der Waals surface area contributed by atoms with Crippen LogP contribution in [0.5, 0.6) is 17.2 Å². The van der Waals surface area contributed by atoms with Gasteiger partial charge in [-0.25, -0.2) is 9.69 Å². The summed E-state index contributed by atoms with van der Waals surface area (Å²) in [6.45, 7) is 0. The topological polar surface area (TPSA) is 114 Å². The standard InChI is InChI=1S/C22H18N4O5S2/c1-29-16-9-6-13(11-17(16)30-2)20(28)31-14-7-4-12(5-8-14)10-15-18(23)26-21(24-19(15)27)33-25-22(26)32-3/h4-11,23H,1-3H3/b15-10-,23-18?. The van der Waals surface area contributed by atoms with Gasteiger partial charge < -0.3 is 14.2 Å². The third-order valence-electron chi connectivity index (χ3n) is 4.70. The number of hydrogen-bond donors (Lipinski definition) is 1. The van der Waals surface area contributed by atoms with Gasteiger partial charge in [0.15, 0.2) is 16.7 Å². The number of thioether (sulfide) groups is 1. The molecule has 168 valence electrons. The number of amidine groups is 3. The molecule has 0 fully saturated rings. The average molecular weight is 483 g/mol. The quantitative estimate of drug-likeness (QED) is 0.296. The Bertz CT molecular complexity index is 1240. The number of aliphatic imine (C=N–C) groups is 1. The van der Waals surface area contributed by atoms with Gasteiger partial charge in [0.25, 0.3) is 5.91 Å². The molecule has 1 N–H and O–H groups in total. The number of ether oxygens (including phenoxy) is 3. The van der Waals surface area contributed by atoms with Gasteiger partial charge in [0.05, 0.1) is 37.3 Å². The molecule has 11 heteroatoms. The maximum Gasteiger partial charge on any atom is 0.343 e. The van der Waals surface area contributed by atoms with Crippen molar-refractivity contribution in [1.29, 1.82) is 5.41 Å². The smallest absolute Gasteiger partial charge is 0.343 e. The van der Waals surface area contributed by atoms with Gasteiger partial charge in [-0.1, -0.05) is 23.9 Å². The Morgan fingerprint density at radius 2 is 1.85 bits per heavy atom. The number of rotatable bonds is 5. The normalized spacial score (nSPS) is 16.3. The first-order chi connectivity index (χ1) is 15.9. The van der Waals surface area contributed by atoms with Crippen molar-refractivity contribution in [2.45, 2.75) is 0 Å². The predicted octanol–water partition coefficient (Wildman–Crippen LogP) is 3.86. The minimum Gasteiger partial charge on any atom is -0.493 e. The Labute approximate surface area is 198 Å². The fraction of sp³-hybridized carbons (Fsp3) is 0.136. The van der Waals surface area contributed by atoms with Crippen LogP contribution in [0.1, 0.15) is 15.9 Å². The number of fused-ring (bicyclic) bond motifs is 1. The molecular formula is C22H18N4O5S2. The highest BCUT2D eigenvalue weighted by molar-refractivity contribution is 8.18. The second kappa shape index (κ2) is 9.51. The van der Waals surface area contributed by atoms with Gasteiger partial charge in [0.2, 0.25) is 5.17 Å². The van der Waals surface area contributed by atoms with Gasteiger partial charge in [0, 0.05) is 0 Å². The van der Waals surface area contributed by atoms with Gasteiger partial charge in [-0.2, -0.15) is 9.39 Å². The second-order valence-electron chi connectivity index (χ2n) is 6.64. The molecule has 0 radical (unpaired) electrons. The maximum atomic E-state index is 12.5. The maximum absolute atomic E-state index is 12.5. The summed E-state index contributed by atoms with van der Waals surface area (Å²) in [5, 5.41) is 9.41. The molecule has 0 aliphatic carbocycles.